The van der Waals surface area contributed by atoms with Crippen molar-refractivity contribution < 1.29 is 35.9 Å². The maximum Gasteiger partial charge on any atom is 0.573 e. The molecule has 1 heterocycles. The zero-order valence-corrected chi connectivity index (χ0v) is 18.2. The van der Waals surface area contributed by atoms with Crippen LogP contribution in [0.15, 0.2) is 53.4 Å². The molecule has 174 valence electrons. The van der Waals surface area contributed by atoms with Gasteiger partial charge in [-0.15, -0.1) is 13.2 Å². The van der Waals surface area contributed by atoms with E-state index in [1.807, 2.05) is 24.3 Å². The highest BCUT2D eigenvalue weighted by molar-refractivity contribution is 7.89. The number of sulfonamides is 1. The molecule has 0 atom stereocenters. The molecular formula is C21H23F3N2O5S. The van der Waals surface area contributed by atoms with Crippen LogP contribution in [0.2, 0.25) is 0 Å². The van der Waals surface area contributed by atoms with E-state index in [-0.39, 0.29) is 37.0 Å². The Morgan fingerprint density at radius 2 is 1.66 bits per heavy atom. The minimum atomic E-state index is -4.85. The second-order valence-electron chi connectivity index (χ2n) is 7.16. The smallest absolute Gasteiger partial charge is 0.497 e. The second kappa shape index (κ2) is 9.78. The van der Waals surface area contributed by atoms with Gasteiger partial charge in [-0.1, -0.05) is 12.1 Å². The number of carbonyl (C=O) groups excluding carboxylic acids is 1. The molecule has 2 aromatic rings. The van der Waals surface area contributed by atoms with Gasteiger partial charge in [0.2, 0.25) is 15.9 Å². The van der Waals surface area contributed by atoms with Gasteiger partial charge >= 0.3 is 6.36 Å². The lowest BCUT2D eigenvalue weighted by molar-refractivity contribution is -0.274. The topological polar surface area (TPSA) is 76.2 Å². The van der Waals surface area contributed by atoms with Crippen molar-refractivity contribution in [2.24, 2.45) is 0 Å². The Kier molecular flexibility index (Phi) is 7.29. The van der Waals surface area contributed by atoms with Gasteiger partial charge in [0.05, 0.1) is 12.0 Å². The monoisotopic (exact) mass is 472 g/mol. The van der Waals surface area contributed by atoms with E-state index in [4.69, 9.17) is 4.74 Å². The van der Waals surface area contributed by atoms with E-state index in [1.165, 1.54) is 4.31 Å². The summed E-state index contributed by atoms with van der Waals surface area (Å²) in [6, 6.07) is 11.5. The van der Waals surface area contributed by atoms with Crippen molar-refractivity contribution in [1.82, 2.24) is 9.21 Å². The lowest BCUT2D eigenvalue weighted by Gasteiger charge is -2.34. The van der Waals surface area contributed by atoms with E-state index in [9.17, 15) is 26.4 Å². The molecular weight excluding hydrogens is 449 g/mol. The minimum Gasteiger partial charge on any atom is -0.497 e. The van der Waals surface area contributed by atoms with Crippen LogP contribution in [0.4, 0.5) is 13.2 Å². The van der Waals surface area contributed by atoms with Crippen molar-refractivity contribution in [3.05, 3.63) is 54.1 Å². The molecule has 7 nitrogen and oxygen atoms in total. The van der Waals surface area contributed by atoms with E-state index < -0.39 is 22.1 Å². The molecule has 0 aliphatic carbocycles. The summed E-state index contributed by atoms with van der Waals surface area (Å²) in [6.07, 6.45) is -4.02. The van der Waals surface area contributed by atoms with Gasteiger partial charge in [-0.3, -0.25) is 4.79 Å². The standard InChI is InChI=1S/C21H23F3N2O5S/c1-30-18-4-2-3-16(15-18)5-10-20(27)25-11-13-26(14-12-25)32(28,29)19-8-6-17(7-9-19)31-21(22,23)24/h2-4,6-9,15H,5,10-14H2,1H3. The molecule has 2 aromatic carbocycles. The van der Waals surface area contributed by atoms with Crippen LogP contribution in [-0.4, -0.2) is 63.2 Å². The summed E-state index contributed by atoms with van der Waals surface area (Å²) in [4.78, 5) is 14.0. The number of nitrogens with zero attached hydrogens (tertiary/aromatic N) is 2. The van der Waals surface area contributed by atoms with E-state index >= 15 is 0 Å². The number of aryl methyl sites for hydroxylation is 1. The number of hydrogen-bond acceptors (Lipinski definition) is 5. The molecule has 0 saturated carbocycles. The number of amides is 1. The third-order valence-electron chi connectivity index (χ3n) is 5.05. The summed E-state index contributed by atoms with van der Waals surface area (Å²) >= 11 is 0. The van der Waals surface area contributed by atoms with Gasteiger partial charge in [-0.25, -0.2) is 8.42 Å². The molecule has 0 aromatic heterocycles. The zero-order chi connectivity index (χ0) is 23.4. The first-order valence-electron chi connectivity index (χ1n) is 9.85. The predicted molar refractivity (Wildman–Crippen MR) is 110 cm³/mol. The first-order valence-corrected chi connectivity index (χ1v) is 11.3. The Labute approximate surface area is 184 Å². The van der Waals surface area contributed by atoms with E-state index in [0.717, 1.165) is 29.8 Å². The van der Waals surface area contributed by atoms with Crippen LogP contribution >= 0.6 is 0 Å². The van der Waals surface area contributed by atoms with Crippen molar-refractivity contribution in [3.8, 4) is 11.5 Å². The third kappa shape index (κ3) is 6.13. The van der Waals surface area contributed by atoms with Gasteiger partial charge in [0, 0.05) is 32.6 Å². The normalized spacial score (nSPS) is 15.4. The second-order valence-corrected chi connectivity index (χ2v) is 9.09. The summed E-state index contributed by atoms with van der Waals surface area (Å²) in [5.74, 6) is 0.146. The molecule has 1 aliphatic heterocycles. The Bertz CT molecular complexity index is 1030. The maximum absolute atomic E-state index is 12.8. The summed E-state index contributed by atoms with van der Waals surface area (Å²) in [5.41, 5.74) is 0.969. The number of ether oxygens (including phenoxy) is 2. The SMILES string of the molecule is COc1cccc(CCC(=O)N2CCN(S(=O)(=O)c3ccc(OC(F)(F)F)cc3)CC2)c1. The number of methoxy groups -OCH3 is 1. The quantitative estimate of drug-likeness (QED) is 0.619. The van der Waals surface area contributed by atoms with Gasteiger partial charge < -0.3 is 14.4 Å². The van der Waals surface area contributed by atoms with Crippen LogP contribution in [0.1, 0.15) is 12.0 Å². The van der Waals surface area contributed by atoms with Gasteiger partial charge in [-0.05, 0) is 48.4 Å². The van der Waals surface area contributed by atoms with Crippen LogP contribution in [0, 0.1) is 0 Å². The fourth-order valence-corrected chi connectivity index (χ4v) is 4.80. The molecule has 32 heavy (non-hydrogen) atoms. The molecule has 1 aliphatic rings. The van der Waals surface area contributed by atoms with Crippen molar-refractivity contribution >= 4 is 15.9 Å². The molecule has 1 fully saturated rings. The first-order chi connectivity index (χ1) is 15.1. The molecule has 3 rings (SSSR count). The molecule has 0 spiro atoms. The molecule has 0 unspecified atom stereocenters. The van der Waals surface area contributed by atoms with Crippen molar-refractivity contribution in [1.29, 1.82) is 0 Å². The summed E-state index contributed by atoms with van der Waals surface area (Å²) in [6.45, 7) is 0.693. The maximum atomic E-state index is 12.8. The predicted octanol–water partition coefficient (Wildman–Crippen LogP) is 3.06. The lowest BCUT2D eigenvalue weighted by Crippen LogP contribution is -2.50. The number of piperazine rings is 1. The van der Waals surface area contributed by atoms with Gasteiger partial charge in [0.1, 0.15) is 11.5 Å². The van der Waals surface area contributed by atoms with E-state index in [0.29, 0.717) is 18.6 Å². The minimum absolute atomic E-state index is 0.0708. The van der Waals surface area contributed by atoms with Crippen molar-refractivity contribution in [2.75, 3.05) is 33.3 Å². The first kappa shape index (κ1) is 23.9. The highest BCUT2D eigenvalue weighted by atomic mass is 32.2. The van der Waals surface area contributed by atoms with Crippen LogP contribution in [-0.2, 0) is 21.2 Å². The van der Waals surface area contributed by atoms with Crippen molar-refractivity contribution in [3.63, 3.8) is 0 Å². The van der Waals surface area contributed by atoms with Gasteiger partial charge in [0.15, 0.2) is 0 Å². The number of halogens is 3. The summed E-state index contributed by atoms with van der Waals surface area (Å²) in [5, 5.41) is 0. The van der Waals surface area contributed by atoms with Crippen LogP contribution in [0.5, 0.6) is 11.5 Å². The Hall–Kier alpha value is -2.79. The molecule has 0 bridgehead atoms. The van der Waals surface area contributed by atoms with Gasteiger partial charge in [-0.2, -0.15) is 4.31 Å². The Morgan fingerprint density at radius 1 is 1.00 bits per heavy atom. The zero-order valence-electron chi connectivity index (χ0n) is 17.3. The molecule has 0 N–H and O–H groups in total. The molecule has 0 radical (unpaired) electrons. The van der Waals surface area contributed by atoms with E-state index in [1.54, 1.807) is 12.0 Å². The lowest BCUT2D eigenvalue weighted by atomic mass is 10.1. The fourth-order valence-electron chi connectivity index (χ4n) is 3.38. The van der Waals surface area contributed by atoms with Gasteiger partial charge in [0.25, 0.3) is 0 Å². The number of hydrogen-bond donors (Lipinski definition) is 0. The third-order valence-corrected chi connectivity index (χ3v) is 6.96. The molecule has 1 saturated heterocycles. The highest BCUT2D eigenvalue weighted by Crippen LogP contribution is 2.25. The van der Waals surface area contributed by atoms with Crippen LogP contribution in [0.3, 0.4) is 0 Å². The Balaban J connectivity index is 1.54. The van der Waals surface area contributed by atoms with Crippen LogP contribution in [0.25, 0.3) is 0 Å². The fraction of sp³-hybridized carbons (Fsp3) is 0.381. The highest BCUT2D eigenvalue weighted by Gasteiger charge is 2.32. The molecule has 11 heteroatoms. The van der Waals surface area contributed by atoms with Crippen molar-refractivity contribution in [2.45, 2.75) is 24.1 Å². The average molecular weight is 472 g/mol. The van der Waals surface area contributed by atoms with Crippen LogP contribution < -0.4 is 9.47 Å². The summed E-state index contributed by atoms with van der Waals surface area (Å²) in [7, 11) is -2.32. The Morgan fingerprint density at radius 3 is 2.25 bits per heavy atom. The number of carbonyl (C=O) groups is 1. The average Bonchev–Trinajstić information content (AvgIpc) is 2.77. The van der Waals surface area contributed by atoms with E-state index in [2.05, 4.69) is 4.74 Å². The number of rotatable bonds is 7. The largest absolute Gasteiger partial charge is 0.573 e. The number of alkyl halides is 3. The summed E-state index contributed by atoms with van der Waals surface area (Å²) < 4.78 is 72.5. The molecule has 1 amide bonds. The number of benzene rings is 2.